The highest BCUT2D eigenvalue weighted by molar-refractivity contribution is 5.97. The van der Waals surface area contributed by atoms with Crippen LogP contribution in [0.2, 0.25) is 0 Å². The van der Waals surface area contributed by atoms with Gasteiger partial charge in [-0.2, -0.15) is 0 Å². The fraction of sp³-hybridized carbons (Fsp3) is 0.269. The molecule has 158 valence electrons. The molecule has 31 heavy (non-hydrogen) atoms. The third kappa shape index (κ3) is 4.12. The summed E-state index contributed by atoms with van der Waals surface area (Å²) in [6, 6.07) is 19.1. The van der Waals surface area contributed by atoms with E-state index >= 15 is 0 Å². The number of hydrogen-bond donors (Lipinski definition) is 1. The number of para-hydroxylation sites is 1. The highest BCUT2D eigenvalue weighted by Gasteiger charge is 2.22. The van der Waals surface area contributed by atoms with Crippen molar-refractivity contribution in [2.45, 2.75) is 12.6 Å². The number of morpholine rings is 1. The summed E-state index contributed by atoms with van der Waals surface area (Å²) in [5.74, 6) is 0. The van der Waals surface area contributed by atoms with Crippen LogP contribution in [0.4, 0.5) is 0 Å². The molecular formula is C26H27N3O2. The number of nitrogens with zero attached hydrogens (tertiary/aromatic N) is 2. The van der Waals surface area contributed by atoms with Gasteiger partial charge in [0.2, 0.25) is 0 Å². The van der Waals surface area contributed by atoms with Crippen LogP contribution in [0.15, 0.2) is 73.2 Å². The average Bonchev–Trinajstić information content (AvgIpc) is 3.29. The van der Waals surface area contributed by atoms with Crippen molar-refractivity contribution in [3.05, 3.63) is 78.8 Å². The van der Waals surface area contributed by atoms with Crippen LogP contribution in [-0.4, -0.2) is 54.5 Å². The Morgan fingerprint density at radius 1 is 1.00 bits per heavy atom. The van der Waals surface area contributed by atoms with E-state index in [1.54, 1.807) is 7.11 Å². The van der Waals surface area contributed by atoms with E-state index in [0.29, 0.717) is 0 Å². The maximum atomic E-state index is 5.85. The second kappa shape index (κ2) is 9.02. The summed E-state index contributed by atoms with van der Waals surface area (Å²) in [6.45, 7) is 3.34. The number of fused-ring (bicyclic) bond motifs is 1. The Morgan fingerprint density at radius 2 is 1.81 bits per heavy atom. The Hall–Kier alpha value is -2.99. The van der Waals surface area contributed by atoms with Crippen molar-refractivity contribution in [1.82, 2.24) is 14.9 Å². The molecule has 0 bridgehead atoms. The van der Waals surface area contributed by atoms with Crippen molar-refractivity contribution in [3.63, 3.8) is 0 Å². The molecule has 1 unspecified atom stereocenters. The van der Waals surface area contributed by atoms with E-state index in [1.807, 2.05) is 18.5 Å². The first-order chi connectivity index (χ1) is 15.3. The topological polar surface area (TPSA) is 50.4 Å². The largest absolute Gasteiger partial charge is 0.379 e. The van der Waals surface area contributed by atoms with Gasteiger partial charge >= 0.3 is 0 Å². The number of ether oxygens (including phenoxy) is 2. The number of H-pyrrole nitrogens is 1. The molecule has 5 heteroatoms. The predicted molar refractivity (Wildman–Crippen MR) is 124 cm³/mol. The molecule has 1 saturated heterocycles. The van der Waals surface area contributed by atoms with E-state index in [4.69, 9.17) is 9.47 Å². The SMILES string of the molecule is COC(Cc1cccc2c(-c3cncc(-c4ccccc4)c3)c[nH]c12)N1CCOCC1. The van der Waals surface area contributed by atoms with Crippen LogP contribution < -0.4 is 0 Å². The fourth-order valence-electron chi connectivity index (χ4n) is 4.42. The number of hydrogen-bond acceptors (Lipinski definition) is 4. The quantitative estimate of drug-likeness (QED) is 0.496. The van der Waals surface area contributed by atoms with E-state index in [1.165, 1.54) is 22.1 Å². The van der Waals surface area contributed by atoms with E-state index in [2.05, 4.69) is 69.6 Å². The molecule has 1 N–H and O–H groups in total. The van der Waals surface area contributed by atoms with Gasteiger partial charge in [0.25, 0.3) is 0 Å². The summed E-state index contributed by atoms with van der Waals surface area (Å²) < 4.78 is 11.3. The molecule has 2 aromatic heterocycles. The van der Waals surface area contributed by atoms with Crippen molar-refractivity contribution in [2.75, 3.05) is 33.4 Å². The first kappa shape index (κ1) is 19.9. The van der Waals surface area contributed by atoms with Gasteiger partial charge < -0.3 is 14.5 Å². The number of methoxy groups -OCH3 is 1. The number of benzene rings is 2. The van der Waals surface area contributed by atoms with E-state index < -0.39 is 0 Å². The van der Waals surface area contributed by atoms with Gasteiger partial charge in [-0.05, 0) is 17.2 Å². The summed E-state index contributed by atoms with van der Waals surface area (Å²) in [5, 5.41) is 1.21. The lowest BCUT2D eigenvalue weighted by Crippen LogP contribution is -2.45. The molecule has 0 saturated carbocycles. The third-order valence-corrected chi connectivity index (χ3v) is 6.08. The zero-order valence-corrected chi connectivity index (χ0v) is 17.8. The fourth-order valence-corrected chi connectivity index (χ4v) is 4.42. The predicted octanol–water partition coefficient (Wildman–Crippen LogP) is 4.74. The molecule has 4 aromatic rings. The molecule has 2 aromatic carbocycles. The summed E-state index contributed by atoms with van der Waals surface area (Å²) >= 11 is 0. The smallest absolute Gasteiger partial charge is 0.114 e. The van der Waals surface area contributed by atoms with Gasteiger partial charge in [0.15, 0.2) is 0 Å². The Bertz CT molecular complexity index is 1150. The number of pyridine rings is 1. The lowest BCUT2D eigenvalue weighted by Gasteiger charge is -2.33. The van der Waals surface area contributed by atoms with Gasteiger partial charge in [-0.3, -0.25) is 9.88 Å². The molecule has 1 atom stereocenters. The summed E-state index contributed by atoms with van der Waals surface area (Å²) in [5.41, 5.74) is 7.00. The number of nitrogens with one attached hydrogen (secondary N) is 1. The Balaban J connectivity index is 1.47. The molecule has 0 radical (unpaired) electrons. The minimum atomic E-state index is 0.0457. The van der Waals surface area contributed by atoms with Gasteiger partial charge in [-0.15, -0.1) is 0 Å². The molecule has 0 amide bonds. The van der Waals surface area contributed by atoms with Crippen molar-refractivity contribution in [3.8, 4) is 22.3 Å². The van der Waals surface area contributed by atoms with Crippen LogP contribution in [0.25, 0.3) is 33.2 Å². The van der Waals surface area contributed by atoms with Gasteiger partial charge in [0, 0.05) is 72.8 Å². The summed E-state index contributed by atoms with van der Waals surface area (Å²) in [6.07, 6.45) is 6.83. The zero-order chi connectivity index (χ0) is 21.0. The molecule has 0 spiro atoms. The van der Waals surface area contributed by atoms with Crippen LogP contribution in [0.1, 0.15) is 5.56 Å². The molecular weight excluding hydrogens is 386 g/mol. The molecule has 5 rings (SSSR count). The average molecular weight is 414 g/mol. The Labute approximate surface area is 182 Å². The van der Waals surface area contributed by atoms with Crippen molar-refractivity contribution in [1.29, 1.82) is 0 Å². The van der Waals surface area contributed by atoms with Gasteiger partial charge in [0.05, 0.1) is 13.2 Å². The van der Waals surface area contributed by atoms with Crippen LogP contribution in [0.3, 0.4) is 0 Å². The molecule has 1 aliphatic rings. The minimum absolute atomic E-state index is 0.0457. The third-order valence-electron chi connectivity index (χ3n) is 6.08. The van der Waals surface area contributed by atoms with Crippen molar-refractivity contribution >= 4 is 10.9 Å². The van der Waals surface area contributed by atoms with Crippen LogP contribution >= 0.6 is 0 Å². The summed E-state index contributed by atoms with van der Waals surface area (Å²) in [4.78, 5) is 10.4. The summed E-state index contributed by atoms with van der Waals surface area (Å²) in [7, 11) is 1.79. The van der Waals surface area contributed by atoms with Crippen LogP contribution in [0, 0.1) is 0 Å². The lowest BCUT2D eigenvalue weighted by atomic mass is 10.00. The van der Waals surface area contributed by atoms with Crippen molar-refractivity contribution < 1.29 is 9.47 Å². The van der Waals surface area contributed by atoms with Gasteiger partial charge in [-0.1, -0.05) is 48.5 Å². The Morgan fingerprint density at radius 3 is 2.61 bits per heavy atom. The van der Waals surface area contributed by atoms with Crippen LogP contribution in [-0.2, 0) is 15.9 Å². The highest BCUT2D eigenvalue weighted by atomic mass is 16.5. The lowest BCUT2D eigenvalue weighted by molar-refractivity contribution is -0.0776. The molecule has 1 aliphatic heterocycles. The first-order valence-electron chi connectivity index (χ1n) is 10.8. The first-order valence-corrected chi connectivity index (χ1v) is 10.8. The monoisotopic (exact) mass is 413 g/mol. The minimum Gasteiger partial charge on any atom is -0.379 e. The van der Waals surface area contributed by atoms with Gasteiger partial charge in [-0.25, -0.2) is 0 Å². The number of rotatable bonds is 6. The maximum absolute atomic E-state index is 5.85. The van der Waals surface area contributed by atoms with E-state index in [0.717, 1.165) is 49.4 Å². The normalized spacial score (nSPS) is 15.9. The van der Waals surface area contributed by atoms with E-state index in [-0.39, 0.29) is 6.23 Å². The molecule has 0 aliphatic carbocycles. The van der Waals surface area contributed by atoms with E-state index in [9.17, 15) is 0 Å². The number of aromatic amines is 1. The van der Waals surface area contributed by atoms with Gasteiger partial charge in [0.1, 0.15) is 6.23 Å². The second-order valence-electron chi connectivity index (χ2n) is 7.91. The maximum Gasteiger partial charge on any atom is 0.114 e. The zero-order valence-electron chi connectivity index (χ0n) is 17.8. The standard InChI is InChI=1S/C26H27N3O2/c1-30-25(29-10-12-31-13-11-29)15-20-8-5-9-23-24(18-28-26(20)23)22-14-21(16-27-17-22)19-6-3-2-4-7-19/h2-9,14,16-18,25,28H,10-13,15H2,1H3. The molecule has 5 nitrogen and oxygen atoms in total. The van der Waals surface area contributed by atoms with Crippen molar-refractivity contribution in [2.24, 2.45) is 0 Å². The Kier molecular flexibility index (Phi) is 5.80. The molecule has 3 heterocycles. The van der Waals surface area contributed by atoms with Crippen LogP contribution in [0.5, 0.6) is 0 Å². The molecule has 1 fully saturated rings. The number of aromatic nitrogens is 2. The second-order valence-corrected chi connectivity index (χ2v) is 7.91. The highest BCUT2D eigenvalue weighted by Crippen LogP contribution is 2.32.